The third-order valence-electron chi connectivity index (χ3n) is 2.89. The predicted molar refractivity (Wildman–Crippen MR) is 82.4 cm³/mol. The number of carbonyl (C=O) groups excluding carboxylic acids is 1. The second-order valence-corrected chi connectivity index (χ2v) is 5.27. The van der Waals surface area contributed by atoms with Gasteiger partial charge in [-0.1, -0.05) is 12.1 Å². The topological polar surface area (TPSA) is 33.5 Å². The number of thioether (sulfide) groups is 1. The number of furan rings is 1. The number of hydrogen-bond acceptors (Lipinski definition) is 3. The molecule has 0 atom stereocenters. The number of likely N-dealkylation sites (N-methyl/N-ethyl adjacent to an activating group) is 1. The Kier molecular flexibility index (Phi) is 5.07. The van der Waals surface area contributed by atoms with Crippen LogP contribution >= 0.6 is 11.8 Å². The first-order valence-corrected chi connectivity index (χ1v) is 7.51. The highest BCUT2D eigenvalue weighted by atomic mass is 32.2. The Morgan fingerprint density at radius 3 is 2.65 bits per heavy atom. The molecule has 0 saturated heterocycles. The van der Waals surface area contributed by atoms with E-state index in [4.69, 9.17) is 4.42 Å². The maximum atomic E-state index is 12.0. The van der Waals surface area contributed by atoms with Gasteiger partial charge in [-0.3, -0.25) is 4.79 Å². The Bertz CT molecular complexity index is 573. The largest absolute Gasteiger partial charge is 0.465 e. The molecule has 0 bridgehead atoms. The van der Waals surface area contributed by atoms with Gasteiger partial charge in [-0.25, -0.2) is 0 Å². The fourth-order valence-corrected chi connectivity index (χ4v) is 2.16. The second kappa shape index (κ2) is 7.01. The average Bonchev–Trinajstić information content (AvgIpc) is 2.98. The molecule has 2 rings (SSSR count). The molecular formula is C16H17NO2S. The van der Waals surface area contributed by atoms with Gasteiger partial charge >= 0.3 is 0 Å². The van der Waals surface area contributed by atoms with Crippen LogP contribution in [0.4, 0.5) is 0 Å². The van der Waals surface area contributed by atoms with Crippen molar-refractivity contribution in [2.24, 2.45) is 0 Å². The Balaban J connectivity index is 1.93. The van der Waals surface area contributed by atoms with Gasteiger partial charge in [0.05, 0.1) is 6.26 Å². The monoisotopic (exact) mass is 287 g/mol. The molecular weight excluding hydrogens is 270 g/mol. The van der Waals surface area contributed by atoms with Crippen LogP contribution in [0, 0.1) is 0 Å². The minimum absolute atomic E-state index is 0.0460. The molecule has 0 aliphatic carbocycles. The van der Waals surface area contributed by atoms with Gasteiger partial charge in [-0.2, -0.15) is 0 Å². The van der Waals surface area contributed by atoms with E-state index in [0.717, 1.165) is 5.56 Å². The minimum Gasteiger partial charge on any atom is -0.465 e. The summed E-state index contributed by atoms with van der Waals surface area (Å²) in [5, 5.41) is 0. The maximum Gasteiger partial charge on any atom is 0.246 e. The normalized spacial score (nSPS) is 10.9. The van der Waals surface area contributed by atoms with Crippen molar-refractivity contribution in [3.8, 4) is 0 Å². The van der Waals surface area contributed by atoms with Gasteiger partial charge in [0.2, 0.25) is 5.91 Å². The smallest absolute Gasteiger partial charge is 0.246 e. The summed E-state index contributed by atoms with van der Waals surface area (Å²) in [5.41, 5.74) is 1.12. The van der Waals surface area contributed by atoms with Crippen LogP contribution in [0.3, 0.4) is 0 Å². The highest BCUT2D eigenvalue weighted by molar-refractivity contribution is 7.98. The van der Waals surface area contributed by atoms with E-state index < -0.39 is 0 Å². The molecule has 0 N–H and O–H groups in total. The minimum atomic E-state index is -0.0460. The molecule has 0 radical (unpaired) electrons. The highest BCUT2D eigenvalue weighted by Crippen LogP contribution is 2.15. The first kappa shape index (κ1) is 14.5. The van der Waals surface area contributed by atoms with Crippen LogP contribution in [0.2, 0.25) is 0 Å². The van der Waals surface area contributed by atoms with E-state index in [9.17, 15) is 4.79 Å². The van der Waals surface area contributed by atoms with Gasteiger partial charge in [0.15, 0.2) is 0 Å². The van der Waals surface area contributed by atoms with Crippen LogP contribution in [0.1, 0.15) is 11.3 Å². The summed E-state index contributed by atoms with van der Waals surface area (Å²) in [4.78, 5) is 14.9. The van der Waals surface area contributed by atoms with Gasteiger partial charge < -0.3 is 9.32 Å². The number of amides is 1. The number of hydrogen-bond donors (Lipinski definition) is 0. The van der Waals surface area contributed by atoms with Crippen molar-refractivity contribution < 1.29 is 9.21 Å². The van der Waals surface area contributed by atoms with Crippen molar-refractivity contribution in [2.45, 2.75) is 11.4 Å². The van der Waals surface area contributed by atoms with Gasteiger partial charge in [0, 0.05) is 24.6 Å². The van der Waals surface area contributed by atoms with Crippen molar-refractivity contribution in [1.29, 1.82) is 0 Å². The molecule has 0 fully saturated rings. The van der Waals surface area contributed by atoms with Gasteiger partial charge in [0.1, 0.15) is 5.76 Å². The summed E-state index contributed by atoms with van der Waals surface area (Å²) in [6, 6.07) is 11.8. The lowest BCUT2D eigenvalue weighted by Crippen LogP contribution is -2.24. The van der Waals surface area contributed by atoms with Crippen molar-refractivity contribution in [3.05, 3.63) is 60.1 Å². The molecule has 1 amide bonds. The molecule has 0 saturated carbocycles. The first-order chi connectivity index (χ1) is 9.69. The Morgan fingerprint density at radius 2 is 2.05 bits per heavy atom. The van der Waals surface area contributed by atoms with E-state index in [1.54, 1.807) is 42.1 Å². The molecule has 0 unspecified atom stereocenters. The van der Waals surface area contributed by atoms with E-state index >= 15 is 0 Å². The zero-order chi connectivity index (χ0) is 14.4. The third-order valence-corrected chi connectivity index (χ3v) is 3.63. The zero-order valence-corrected chi connectivity index (χ0v) is 12.4. The van der Waals surface area contributed by atoms with E-state index in [0.29, 0.717) is 12.3 Å². The lowest BCUT2D eigenvalue weighted by molar-refractivity contribution is -0.125. The Hall–Kier alpha value is -1.94. The average molecular weight is 287 g/mol. The number of rotatable bonds is 5. The summed E-state index contributed by atoms with van der Waals surface area (Å²) in [6.07, 6.45) is 6.83. The number of benzene rings is 1. The van der Waals surface area contributed by atoms with E-state index in [1.165, 1.54) is 11.0 Å². The molecule has 4 heteroatoms. The SMILES string of the molecule is CSc1ccc(CN(C)C(=O)C=Cc2ccco2)cc1. The standard InChI is InChI=1S/C16H17NO2S/c1-17(12-13-5-8-15(20-2)9-6-13)16(18)10-7-14-4-3-11-19-14/h3-11H,12H2,1-2H3. The van der Waals surface area contributed by atoms with Crippen LogP contribution in [0.5, 0.6) is 0 Å². The molecule has 104 valence electrons. The van der Waals surface area contributed by atoms with Crippen molar-refractivity contribution in [1.82, 2.24) is 4.90 Å². The van der Waals surface area contributed by atoms with Crippen LogP contribution in [0.15, 0.2) is 58.1 Å². The zero-order valence-electron chi connectivity index (χ0n) is 11.6. The molecule has 2 aromatic rings. The van der Waals surface area contributed by atoms with Crippen molar-refractivity contribution >= 4 is 23.7 Å². The molecule has 1 aromatic carbocycles. The first-order valence-electron chi connectivity index (χ1n) is 6.28. The summed E-state index contributed by atoms with van der Waals surface area (Å²) in [7, 11) is 1.79. The molecule has 0 aliphatic heterocycles. The van der Waals surface area contributed by atoms with Crippen LogP contribution in [-0.2, 0) is 11.3 Å². The number of nitrogens with zero attached hydrogens (tertiary/aromatic N) is 1. The molecule has 0 aliphatic rings. The second-order valence-electron chi connectivity index (χ2n) is 4.39. The summed E-state index contributed by atoms with van der Waals surface area (Å²) >= 11 is 1.71. The molecule has 0 spiro atoms. The third kappa shape index (κ3) is 4.03. The van der Waals surface area contributed by atoms with E-state index in [1.807, 2.05) is 24.5 Å². The van der Waals surface area contributed by atoms with E-state index in [2.05, 4.69) is 12.1 Å². The van der Waals surface area contributed by atoms with Crippen molar-refractivity contribution in [2.75, 3.05) is 13.3 Å². The number of carbonyl (C=O) groups is 1. The van der Waals surface area contributed by atoms with Crippen molar-refractivity contribution in [3.63, 3.8) is 0 Å². The van der Waals surface area contributed by atoms with Gasteiger partial charge in [-0.05, 0) is 42.2 Å². The van der Waals surface area contributed by atoms with Crippen LogP contribution in [-0.4, -0.2) is 24.1 Å². The molecule has 3 nitrogen and oxygen atoms in total. The fourth-order valence-electron chi connectivity index (χ4n) is 1.75. The lowest BCUT2D eigenvalue weighted by atomic mass is 10.2. The molecule has 1 heterocycles. The van der Waals surface area contributed by atoms with Crippen LogP contribution in [0.25, 0.3) is 6.08 Å². The van der Waals surface area contributed by atoms with E-state index in [-0.39, 0.29) is 5.91 Å². The van der Waals surface area contributed by atoms with Crippen LogP contribution < -0.4 is 0 Å². The Labute approximate surface area is 123 Å². The summed E-state index contributed by atoms with van der Waals surface area (Å²) in [6.45, 7) is 0.593. The highest BCUT2D eigenvalue weighted by Gasteiger charge is 2.06. The Morgan fingerprint density at radius 1 is 1.30 bits per heavy atom. The van der Waals surface area contributed by atoms with Gasteiger partial charge in [-0.15, -0.1) is 11.8 Å². The predicted octanol–water partition coefficient (Wildman–Crippen LogP) is 3.67. The maximum absolute atomic E-state index is 12.0. The summed E-state index contributed by atoms with van der Waals surface area (Å²) < 4.78 is 5.15. The lowest BCUT2D eigenvalue weighted by Gasteiger charge is -2.15. The quantitative estimate of drug-likeness (QED) is 0.621. The summed E-state index contributed by atoms with van der Waals surface area (Å²) in [5.74, 6) is 0.631. The molecule has 20 heavy (non-hydrogen) atoms. The fraction of sp³-hybridized carbons (Fsp3) is 0.188. The molecule has 1 aromatic heterocycles. The van der Waals surface area contributed by atoms with Gasteiger partial charge in [0.25, 0.3) is 0 Å².